The molecule has 16 heavy (non-hydrogen) atoms. The summed E-state index contributed by atoms with van der Waals surface area (Å²) >= 11 is 0. The number of likely N-dealkylation sites (tertiary alicyclic amines) is 1. The van der Waals surface area contributed by atoms with Crippen molar-refractivity contribution in [2.45, 2.75) is 45.6 Å². The molecule has 0 unspecified atom stereocenters. The van der Waals surface area contributed by atoms with Crippen LogP contribution < -0.4 is 0 Å². The van der Waals surface area contributed by atoms with E-state index >= 15 is 0 Å². The Hall–Kier alpha value is -0.830. The van der Waals surface area contributed by atoms with Gasteiger partial charge in [-0.15, -0.1) is 0 Å². The fourth-order valence-electron chi connectivity index (χ4n) is 2.49. The number of hydrogen-bond acceptors (Lipinski definition) is 2. The van der Waals surface area contributed by atoms with E-state index in [0.717, 1.165) is 6.42 Å². The Bertz CT molecular complexity index is 311. The predicted molar refractivity (Wildman–Crippen MR) is 66.6 cm³/mol. The molecule has 0 atom stereocenters. The maximum absolute atomic E-state index is 4.51. The monoisotopic (exact) mass is 221 g/mol. The maximum atomic E-state index is 4.51. The quantitative estimate of drug-likeness (QED) is 0.779. The Morgan fingerprint density at radius 2 is 2.06 bits per heavy atom. The van der Waals surface area contributed by atoms with Crippen molar-refractivity contribution in [1.29, 1.82) is 0 Å². The summed E-state index contributed by atoms with van der Waals surface area (Å²) in [5.74, 6) is 0. The molecule has 0 bridgehead atoms. The van der Waals surface area contributed by atoms with Crippen molar-refractivity contribution in [3.63, 3.8) is 0 Å². The van der Waals surface area contributed by atoms with Crippen molar-refractivity contribution in [2.75, 3.05) is 19.6 Å². The zero-order chi connectivity index (χ0) is 11.4. The van der Waals surface area contributed by atoms with Crippen LogP contribution in [-0.2, 0) is 6.42 Å². The van der Waals surface area contributed by atoms with E-state index in [-0.39, 0.29) is 0 Å². The summed E-state index contributed by atoms with van der Waals surface area (Å²) in [6.45, 7) is 8.10. The van der Waals surface area contributed by atoms with Crippen molar-refractivity contribution in [3.05, 3.63) is 18.0 Å². The SMILES string of the molecule is CCCc1cnn(C2CCN(CC)CC2)c1. The molecule has 3 heteroatoms. The van der Waals surface area contributed by atoms with Gasteiger partial charge in [0.25, 0.3) is 0 Å². The minimum absolute atomic E-state index is 0.633. The van der Waals surface area contributed by atoms with E-state index in [2.05, 4.69) is 34.7 Å². The van der Waals surface area contributed by atoms with Crippen LogP contribution in [0.2, 0.25) is 0 Å². The van der Waals surface area contributed by atoms with E-state index in [1.165, 1.54) is 44.5 Å². The van der Waals surface area contributed by atoms with Crippen LogP contribution in [0.5, 0.6) is 0 Å². The van der Waals surface area contributed by atoms with E-state index in [1.807, 2.05) is 6.20 Å². The van der Waals surface area contributed by atoms with Crippen molar-refractivity contribution >= 4 is 0 Å². The number of nitrogens with zero attached hydrogens (tertiary/aromatic N) is 3. The first kappa shape index (κ1) is 11.6. The van der Waals surface area contributed by atoms with Crippen LogP contribution in [0.3, 0.4) is 0 Å². The molecule has 0 saturated carbocycles. The summed E-state index contributed by atoms with van der Waals surface area (Å²) in [4.78, 5) is 2.52. The topological polar surface area (TPSA) is 21.1 Å². The fraction of sp³-hybridized carbons (Fsp3) is 0.769. The van der Waals surface area contributed by atoms with Crippen LogP contribution in [0, 0.1) is 0 Å². The highest BCUT2D eigenvalue weighted by Crippen LogP contribution is 2.21. The lowest BCUT2D eigenvalue weighted by Crippen LogP contribution is -2.34. The molecule has 1 fully saturated rings. The lowest BCUT2D eigenvalue weighted by Gasteiger charge is -2.31. The highest BCUT2D eigenvalue weighted by molar-refractivity contribution is 5.04. The minimum Gasteiger partial charge on any atom is -0.303 e. The Labute approximate surface area is 98.4 Å². The zero-order valence-corrected chi connectivity index (χ0v) is 10.5. The summed E-state index contributed by atoms with van der Waals surface area (Å²) in [5.41, 5.74) is 1.39. The first-order valence-electron chi connectivity index (χ1n) is 6.58. The molecular weight excluding hydrogens is 198 g/mol. The molecule has 2 heterocycles. The Kier molecular flexibility index (Phi) is 3.99. The van der Waals surface area contributed by atoms with Gasteiger partial charge in [-0.05, 0) is 31.4 Å². The van der Waals surface area contributed by atoms with Crippen molar-refractivity contribution < 1.29 is 0 Å². The third-order valence-electron chi connectivity index (χ3n) is 3.57. The second-order valence-corrected chi connectivity index (χ2v) is 4.74. The van der Waals surface area contributed by atoms with Gasteiger partial charge in [0.1, 0.15) is 0 Å². The summed E-state index contributed by atoms with van der Waals surface area (Å²) in [7, 11) is 0. The summed E-state index contributed by atoms with van der Waals surface area (Å²) < 4.78 is 2.19. The first-order chi connectivity index (χ1) is 7.83. The van der Waals surface area contributed by atoms with Gasteiger partial charge >= 0.3 is 0 Å². The number of aromatic nitrogens is 2. The molecule has 2 rings (SSSR count). The summed E-state index contributed by atoms with van der Waals surface area (Å²) in [6, 6.07) is 0.633. The second-order valence-electron chi connectivity index (χ2n) is 4.74. The van der Waals surface area contributed by atoms with Gasteiger partial charge in [0.05, 0.1) is 12.2 Å². The van der Waals surface area contributed by atoms with Crippen LogP contribution >= 0.6 is 0 Å². The number of aryl methyl sites for hydroxylation is 1. The maximum Gasteiger partial charge on any atom is 0.0543 e. The smallest absolute Gasteiger partial charge is 0.0543 e. The molecular formula is C13H23N3. The van der Waals surface area contributed by atoms with Crippen molar-refractivity contribution in [2.24, 2.45) is 0 Å². The molecule has 1 aliphatic rings. The van der Waals surface area contributed by atoms with Gasteiger partial charge in [-0.1, -0.05) is 20.3 Å². The molecule has 0 aromatic carbocycles. The van der Waals surface area contributed by atoms with Gasteiger partial charge < -0.3 is 4.90 Å². The Morgan fingerprint density at radius 3 is 2.69 bits per heavy atom. The van der Waals surface area contributed by atoms with E-state index < -0.39 is 0 Å². The normalized spacial score (nSPS) is 19.1. The van der Waals surface area contributed by atoms with Crippen LogP contribution in [0.15, 0.2) is 12.4 Å². The second kappa shape index (κ2) is 5.48. The van der Waals surface area contributed by atoms with Gasteiger partial charge in [-0.25, -0.2) is 0 Å². The summed E-state index contributed by atoms with van der Waals surface area (Å²) in [6.07, 6.45) is 9.15. The van der Waals surface area contributed by atoms with Gasteiger partial charge in [0.2, 0.25) is 0 Å². The fourth-order valence-corrected chi connectivity index (χ4v) is 2.49. The van der Waals surface area contributed by atoms with Gasteiger partial charge in [0, 0.05) is 19.3 Å². The molecule has 0 N–H and O–H groups in total. The van der Waals surface area contributed by atoms with Crippen molar-refractivity contribution in [3.8, 4) is 0 Å². The van der Waals surface area contributed by atoms with Crippen molar-refractivity contribution in [1.82, 2.24) is 14.7 Å². The molecule has 1 aromatic heterocycles. The third-order valence-corrected chi connectivity index (χ3v) is 3.57. The van der Waals surface area contributed by atoms with Gasteiger partial charge in [0.15, 0.2) is 0 Å². The number of rotatable bonds is 4. The highest BCUT2D eigenvalue weighted by Gasteiger charge is 2.19. The molecule has 3 nitrogen and oxygen atoms in total. The van der Waals surface area contributed by atoms with Crippen LogP contribution in [0.4, 0.5) is 0 Å². The molecule has 0 amide bonds. The predicted octanol–water partition coefficient (Wildman–Crippen LogP) is 2.49. The molecule has 0 spiro atoms. The average Bonchev–Trinajstić information content (AvgIpc) is 2.78. The van der Waals surface area contributed by atoms with Crippen LogP contribution in [-0.4, -0.2) is 34.3 Å². The highest BCUT2D eigenvalue weighted by atomic mass is 15.3. The first-order valence-corrected chi connectivity index (χ1v) is 6.58. The van der Waals surface area contributed by atoms with Gasteiger partial charge in [-0.3, -0.25) is 4.68 Å². The molecule has 90 valence electrons. The Balaban J connectivity index is 1.92. The molecule has 0 radical (unpaired) electrons. The lowest BCUT2D eigenvalue weighted by atomic mass is 10.1. The number of hydrogen-bond donors (Lipinski definition) is 0. The standard InChI is InChI=1S/C13H23N3/c1-3-5-12-10-14-16(11-12)13-6-8-15(4-2)9-7-13/h10-11,13H,3-9H2,1-2H3. The molecule has 1 saturated heterocycles. The largest absolute Gasteiger partial charge is 0.303 e. The zero-order valence-electron chi connectivity index (χ0n) is 10.5. The molecule has 1 aliphatic heterocycles. The van der Waals surface area contributed by atoms with E-state index in [0.29, 0.717) is 6.04 Å². The van der Waals surface area contributed by atoms with Gasteiger partial charge in [-0.2, -0.15) is 5.10 Å². The van der Waals surface area contributed by atoms with E-state index in [9.17, 15) is 0 Å². The lowest BCUT2D eigenvalue weighted by molar-refractivity contribution is 0.187. The number of piperidine rings is 1. The van der Waals surface area contributed by atoms with Crippen LogP contribution in [0.1, 0.15) is 44.7 Å². The summed E-state index contributed by atoms with van der Waals surface area (Å²) in [5, 5.41) is 4.51. The average molecular weight is 221 g/mol. The third kappa shape index (κ3) is 2.64. The minimum atomic E-state index is 0.633. The van der Waals surface area contributed by atoms with Crippen LogP contribution in [0.25, 0.3) is 0 Å². The molecule has 0 aliphatic carbocycles. The van der Waals surface area contributed by atoms with E-state index in [4.69, 9.17) is 0 Å². The molecule has 1 aromatic rings. The Morgan fingerprint density at radius 1 is 1.31 bits per heavy atom. The van der Waals surface area contributed by atoms with E-state index in [1.54, 1.807) is 0 Å².